The molecule has 1 aromatic carbocycles. The van der Waals surface area contributed by atoms with Gasteiger partial charge in [0.05, 0.1) is 5.60 Å². The molecule has 2 atom stereocenters. The van der Waals surface area contributed by atoms with Crippen LogP contribution in [0.15, 0.2) is 30.5 Å². The molecule has 84 valence electrons. The lowest BCUT2D eigenvalue weighted by molar-refractivity contribution is -0.117. The highest BCUT2D eigenvalue weighted by Gasteiger charge is 2.43. The van der Waals surface area contributed by atoms with Gasteiger partial charge in [-0.15, -0.1) is 0 Å². The van der Waals surface area contributed by atoms with Crippen LogP contribution in [0.25, 0.3) is 10.9 Å². The maximum Gasteiger partial charge on any atom is 0.129 e. The Morgan fingerprint density at radius 3 is 3.00 bits per heavy atom. The van der Waals surface area contributed by atoms with Crippen LogP contribution < -0.4 is 4.74 Å². The monoisotopic (exact) mass is 217 g/mol. The van der Waals surface area contributed by atoms with E-state index >= 15 is 0 Å². The summed E-state index contributed by atoms with van der Waals surface area (Å²) in [6.07, 6.45) is 3.57. The Kier molecular flexibility index (Phi) is 1.98. The number of fused-ring (bicyclic) bond motifs is 1. The average Bonchev–Trinajstić information content (AvgIpc) is 2.73. The molecule has 0 bridgehead atoms. The van der Waals surface area contributed by atoms with Crippen LogP contribution in [0.3, 0.4) is 0 Å². The van der Waals surface area contributed by atoms with Gasteiger partial charge in [0.25, 0.3) is 0 Å². The van der Waals surface area contributed by atoms with Crippen molar-refractivity contribution < 1.29 is 9.84 Å². The lowest BCUT2D eigenvalue weighted by Crippen LogP contribution is -2.52. The highest BCUT2D eigenvalue weighted by Crippen LogP contribution is 2.37. The zero-order valence-corrected chi connectivity index (χ0v) is 9.23. The molecule has 3 rings (SSSR count). The first-order valence-corrected chi connectivity index (χ1v) is 5.62. The molecule has 0 radical (unpaired) electrons. The van der Waals surface area contributed by atoms with Crippen LogP contribution in [-0.4, -0.2) is 21.8 Å². The van der Waals surface area contributed by atoms with Gasteiger partial charge in [-0.3, -0.25) is 0 Å². The minimum absolute atomic E-state index is 0.0759. The third-order valence-electron chi connectivity index (χ3n) is 3.43. The Morgan fingerprint density at radius 1 is 1.44 bits per heavy atom. The van der Waals surface area contributed by atoms with E-state index in [1.54, 1.807) is 0 Å². The number of ether oxygens (including phenoxy) is 1. The van der Waals surface area contributed by atoms with Gasteiger partial charge in [0.1, 0.15) is 11.9 Å². The molecule has 2 N–H and O–H groups in total. The molecule has 1 fully saturated rings. The minimum atomic E-state index is -0.668. The second-order valence-electron chi connectivity index (χ2n) is 4.70. The summed E-state index contributed by atoms with van der Waals surface area (Å²) >= 11 is 0. The predicted molar refractivity (Wildman–Crippen MR) is 62.6 cm³/mol. The van der Waals surface area contributed by atoms with Gasteiger partial charge in [0.2, 0.25) is 0 Å². The number of H-pyrrole nitrogens is 1. The standard InChI is InChI=1S/C13H15NO2/c1-13(15)7-5-12(13)16-11-4-2-3-10-9(11)6-8-14-10/h2-4,6,8,12,14-15H,5,7H2,1H3/t12-,13-/m0/s1. The molecule has 0 saturated heterocycles. The number of aromatic amines is 1. The second kappa shape index (κ2) is 3.25. The maximum absolute atomic E-state index is 9.92. The minimum Gasteiger partial charge on any atom is -0.487 e. The van der Waals surface area contributed by atoms with Gasteiger partial charge in [-0.1, -0.05) is 6.07 Å². The van der Waals surface area contributed by atoms with Crippen LogP contribution in [0.5, 0.6) is 5.75 Å². The molecule has 0 amide bonds. The molecule has 1 aliphatic rings. The molecule has 0 spiro atoms. The van der Waals surface area contributed by atoms with Crippen molar-refractivity contribution in [3.8, 4) is 5.75 Å². The average molecular weight is 217 g/mol. The summed E-state index contributed by atoms with van der Waals surface area (Å²) in [6, 6.07) is 7.92. The van der Waals surface area contributed by atoms with Crippen molar-refractivity contribution in [1.29, 1.82) is 0 Å². The predicted octanol–water partition coefficient (Wildman–Crippen LogP) is 2.46. The fourth-order valence-electron chi connectivity index (χ4n) is 2.18. The molecule has 0 aliphatic heterocycles. The Hall–Kier alpha value is -1.48. The molecule has 1 aliphatic carbocycles. The van der Waals surface area contributed by atoms with Gasteiger partial charge in [0, 0.05) is 17.1 Å². The van der Waals surface area contributed by atoms with Crippen molar-refractivity contribution in [2.45, 2.75) is 31.5 Å². The quantitative estimate of drug-likeness (QED) is 0.811. The van der Waals surface area contributed by atoms with E-state index in [-0.39, 0.29) is 6.10 Å². The molecule has 3 heteroatoms. The third-order valence-corrected chi connectivity index (χ3v) is 3.43. The lowest BCUT2D eigenvalue weighted by Gasteiger charge is -2.42. The lowest BCUT2D eigenvalue weighted by atomic mass is 9.78. The van der Waals surface area contributed by atoms with Crippen LogP contribution in [0.4, 0.5) is 0 Å². The molecule has 3 nitrogen and oxygen atoms in total. The summed E-state index contributed by atoms with van der Waals surface area (Å²) < 4.78 is 5.87. The summed E-state index contributed by atoms with van der Waals surface area (Å²) in [5.74, 6) is 0.851. The van der Waals surface area contributed by atoms with Crippen molar-refractivity contribution in [3.63, 3.8) is 0 Å². The Bertz CT molecular complexity index is 515. The first-order valence-electron chi connectivity index (χ1n) is 5.62. The number of hydrogen-bond acceptors (Lipinski definition) is 2. The summed E-state index contributed by atoms with van der Waals surface area (Å²) in [4.78, 5) is 3.15. The van der Waals surface area contributed by atoms with Crippen LogP contribution in [0.2, 0.25) is 0 Å². The molecule has 16 heavy (non-hydrogen) atoms. The smallest absolute Gasteiger partial charge is 0.129 e. The topological polar surface area (TPSA) is 45.2 Å². The second-order valence-corrected chi connectivity index (χ2v) is 4.70. The SMILES string of the molecule is C[C@]1(O)CC[C@@H]1Oc1cccc2[nH]ccc12. The Labute approximate surface area is 94.0 Å². The highest BCUT2D eigenvalue weighted by atomic mass is 16.5. The van der Waals surface area contributed by atoms with Gasteiger partial charge >= 0.3 is 0 Å². The van der Waals surface area contributed by atoms with Crippen LogP contribution in [0.1, 0.15) is 19.8 Å². The number of aliphatic hydroxyl groups is 1. The summed E-state index contributed by atoms with van der Waals surface area (Å²) in [6.45, 7) is 1.83. The molecular weight excluding hydrogens is 202 g/mol. The van der Waals surface area contributed by atoms with E-state index in [4.69, 9.17) is 4.74 Å². The molecule has 1 heterocycles. The van der Waals surface area contributed by atoms with Gasteiger partial charge in [-0.2, -0.15) is 0 Å². The first-order chi connectivity index (χ1) is 7.67. The Balaban J connectivity index is 1.92. The van der Waals surface area contributed by atoms with Gasteiger partial charge in [-0.05, 0) is 38.0 Å². The largest absolute Gasteiger partial charge is 0.487 e. The highest BCUT2D eigenvalue weighted by molar-refractivity contribution is 5.85. The van der Waals surface area contributed by atoms with Gasteiger partial charge in [0.15, 0.2) is 0 Å². The van der Waals surface area contributed by atoms with Crippen LogP contribution in [-0.2, 0) is 0 Å². The van der Waals surface area contributed by atoms with Crippen molar-refractivity contribution in [1.82, 2.24) is 4.98 Å². The number of nitrogens with one attached hydrogen (secondary N) is 1. The van der Waals surface area contributed by atoms with E-state index in [1.165, 1.54) is 0 Å². The normalized spacial score (nSPS) is 29.0. The first kappa shape index (κ1) is 9.73. The fraction of sp³-hybridized carbons (Fsp3) is 0.385. The number of aromatic nitrogens is 1. The van der Waals surface area contributed by atoms with Crippen molar-refractivity contribution >= 4 is 10.9 Å². The molecule has 1 saturated carbocycles. The van der Waals surface area contributed by atoms with E-state index in [1.807, 2.05) is 37.4 Å². The molecular formula is C13H15NO2. The summed E-state index contributed by atoms with van der Waals surface area (Å²) in [7, 11) is 0. The van der Waals surface area contributed by atoms with Crippen molar-refractivity contribution in [2.75, 3.05) is 0 Å². The van der Waals surface area contributed by atoms with Crippen molar-refractivity contribution in [3.05, 3.63) is 30.5 Å². The number of hydrogen-bond donors (Lipinski definition) is 2. The molecule has 0 unspecified atom stereocenters. The van der Waals surface area contributed by atoms with E-state index in [0.717, 1.165) is 29.5 Å². The number of rotatable bonds is 2. The van der Waals surface area contributed by atoms with E-state index < -0.39 is 5.60 Å². The summed E-state index contributed by atoms with van der Waals surface area (Å²) in [5, 5.41) is 11.0. The molecule has 1 aromatic heterocycles. The fourth-order valence-corrected chi connectivity index (χ4v) is 2.18. The third kappa shape index (κ3) is 1.39. The van der Waals surface area contributed by atoms with Crippen LogP contribution >= 0.6 is 0 Å². The van der Waals surface area contributed by atoms with Crippen LogP contribution in [0, 0.1) is 0 Å². The van der Waals surface area contributed by atoms with E-state index in [2.05, 4.69) is 4.98 Å². The zero-order chi connectivity index (χ0) is 11.2. The van der Waals surface area contributed by atoms with Gasteiger partial charge < -0.3 is 14.8 Å². The van der Waals surface area contributed by atoms with Crippen molar-refractivity contribution in [2.24, 2.45) is 0 Å². The molecule has 2 aromatic rings. The number of benzene rings is 1. The van der Waals surface area contributed by atoms with E-state index in [9.17, 15) is 5.11 Å². The zero-order valence-electron chi connectivity index (χ0n) is 9.23. The summed E-state index contributed by atoms with van der Waals surface area (Å²) in [5.41, 5.74) is 0.398. The van der Waals surface area contributed by atoms with Gasteiger partial charge in [-0.25, -0.2) is 0 Å². The maximum atomic E-state index is 9.92. The Morgan fingerprint density at radius 2 is 2.31 bits per heavy atom. The van der Waals surface area contributed by atoms with E-state index in [0.29, 0.717) is 0 Å².